The first-order valence-electron chi connectivity index (χ1n) is 10.8. The van der Waals surface area contributed by atoms with Gasteiger partial charge in [-0.15, -0.1) is 0 Å². The topological polar surface area (TPSA) is 104 Å². The van der Waals surface area contributed by atoms with E-state index in [1.165, 1.54) is 24.3 Å². The molecule has 1 N–H and O–H groups in total. The molecule has 186 valence electrons. The number of piperidine rings is 1. The van der Waals surface area contributed by atoms with Crippen LogP contribution in [0.1, 0.15) is 37.3 Å². The highest BCUT2D eigenvalue weighted by molar-refractivity contribution is 6.31. The molecule has 2 aromatic rings. The number of nitro benzene ring substituents is 1. The van der Waals surface area contributed by atoms with Crippen LogP contribution in [-0.2, 0) is 21.4 Å². The fraction of sp³-hybridized carbons (Fsp3) is 0.391. The molecule has 2 aliphatic heterocycles. The van der Waals surface area contributed by atoms with E-state index in [0.717, 1.165) is 17.0 Å². The van der Waals surface area contributed by atoms with Gasteiger partial charge in [0.05, 0.1) is 26.8 Å². The second-order valence-electron chi connectivity index (χ2n) is 8.81. The molecule has 0 aliphatic carbocycles. The Bertz CT molecular complexity index is 1210. The number of hydrogen-bond acceptors (Lipinski definition) is 6. The van der Waals surface area contributed by atoms with E-state index in [-0.39, 0.29) is 55.0 Å². The van der Waals surface area contributed by atoms with Gasteiger partial charge in [0.25, 0.3) is 5.69 Å². The van der Waals surface area contributed by atoms with E-state index in [2.05, 4.69) is 0 Å². The summed E-state index contributed by atoms with van der Waals surface area (Å²) in [5, 5.41) is 22.4. The number of imide groups is 1. The highest BCUT2D eigenvalue weighted by Gasteiger charge is 2.40. The third kappa shape index (κ3) is 4.57. The van der Waals surface area contributed by atoms with Crippen molar-refractivity contribution >= 4 is 40.5 Å². The molecule has 2 aliphatic rings. The van der Waals surface area contributed by atoms with Crippen molar-refractivity contribution in [2.75, 3.05) is 22.9 Å². The Balaban J connectivity index is 1.58. The summed E-state index contributed by atoms with van der Waals surface area (Å²) in [7, 11) is 0. The molecule has 1 unspecified atom stereocenters. The number of carbonyl (C=O) groups excluding carboxylic acids is 2. The van der Waals surface area contributed by atoms with E-state index >= 15 is 0 Å². The van der Waals surface area contributed by atoms with Crippen LogP contribution in [-0.4, -0.2) is 34.9 Å². The number of aliphatic hydroxyl groups is 1. The first-order chi connectivity index (χ1) is 16.3. The van der Waals surface area contributed by atoms with Gasteiger partial charge in [-0.25, -0.2) is 0 Å². The van der Waals surface area contributed by atoms with Crippen LogP contribution in [0.4, 0.5) is 30.2 Å². The molecule has 0 aromatic heterocycles. The number of halogens is 4. The van der Waals surface area contributed by atoms with Crippen LogP contribution in [0, 0.1) is 16.0 Å². The van der Waals surface area contributed by atoms with Gasteiger partial charge in [0, 0.05) is 31.5 Å². The number of amides is 2. The fourth-order valence-electron chi connectivity index (χ4n) is 4.56. The second kappa shape index (κ2) is 8.80. The second-order valence-corrected chi connectivity index (χ2v) is 9.22. The third-order valence-corrected chi connectivity index (χ3v) is 6.86. The van der Waals surface area contributed by atoms with Crippen molar-refractivity contribution in [3.8, 4) is 0 Å². The van der Waals surface area contributed by atoms with Gasteiger partial charge in [-0.3, -0.25) is 24.6 Å². The van der Waals surface area contributed by atoms with E-state index in [4.69, 9.17) is 11.6 Å². The number of benzene rings is 2. The summed E-state index contributed by atoms with van der Waals surface area (Å²) in [5.41, 5.74) is -2.54. The maximum Gasteiger partial charge on any atom is 0.417 e. The SMILES string of the molecule is CC1CC(=O)N(c2ccc(N3CCC(O)(c4ccc(Cl)c(C(F)(F)F)c4)CC3)c([N+](=O)[O-])c2)C1=O. The van der Waals surface area contributed by atoms with Crippen LogP contribution in [0.2, 0.25) is 5.02 Å². The van der Waals surface area contributed by atoms with Crippen molar-refractivity contribution in [1.82, 2.24) is 0 Å². The summed E-state index contributed by atoms with van der Waals surface area (Å²) in [5.74, 6) is -1.37. The van der Waals surface area contributed by atoms with Gasteiger partial charge in [-0.05, 0) is 42.7 Å². The van der Waals surface area contributed by atoms with E-state index in [0.29, 0.717) is 0 Å². The predicted octanol–water partition coefficient (Wildman–Crippen LogP) is 4.65. The van der Waals surface area contributed by atoms with Gasteiger partial charge in [0.15, 0.2) is 0 Å². The van der Waals surface area contributed by atoms with Gasteiger partial charge in [-0.2, -0.15) is 13.2 Å². The maximum absolute atomic E-state index is 13.3. The van der Waals surface area contributed by atoms with Crippen molar-refractivity contribution in [1.29, 1.82) is 0 Å². The van der Waals surface area contributed by atoms with Gasteiger partial charge < -0.3 is 10.0 Å². The standard InChI is InChI=1S/C23H21ClF3N3O5/c1-13-10-20(31)29(21(13)32)15-3-5-18(19(12-15)30(34)35)28-8-6-22(33,7-9-28)14-2-4-17(24)16(11-14)23(25,26)27/h2-5,11-13,33H,6-10H2,1H3. The summed E-state index contributed by atoms with van der Waals surface area (Å²) in [6.45, 7) is 1.86. The smallest absolute Gasteiger partial charge is 0.385 e. The van der Waals surface area contributed by atoms with Gasteiger partial charge >= 0.3 is 6.18 Å². The van der Waals surface area contributed by atoms with Crippen molar-refractivity contribution in [3.05, 3.63) is 62.7 Å². The average molecular weight is 512 g/mol. The summed E-state index contributed by atoms with van der Waals surface area (Å²) >= 11 is 5.68. The lowest BCUT2D eigenvalue weighted by Crippen LogP contribution is -2.43. The fourth-order valence-corrected chi connectivity index (χ4v) is 4.78. The van der Waals surface area contributed by atoms with E-state index < -0.39 is 45.0 Å². The first-order valence-corrected chi connectivity index (χ1v) is 11.2. The quantitative estimate of drug-likeness (QED) is 0.364. The van der Waals surface area contributed by atoms with Crippen LogP contribution >= 0.6 is 11.6 Å². The van der Waals surface area contributed by atoms with E-state index in [1.54, 1.807) is 11.8 Å². The van der Waals surface area contributed by atoms with Gasteiger partial charge in [-0.1, -0.05) is 24.6 Å². The Morgan fingerprint density at radius 1 is 1.14 bits per heavy atom. The molecule has 0 spiro atoms. The first kappa shape index (κ1) is 24.9. The summed E-state index contributed by atoms with van der Waals surface area (Å²) in [6.07, 6.45) is -4.61. The molecule has 4 rings (SSSR count). The lowest BCUT2D eigenvalue weighted by Gasteiger charge is -2.39. The molecule has 2 heterocycles. The van der Waals surface area contributed by atoms with Crippen LogP contribution in [0.15, 0.2) is 36.4 Å². The zero-order chi connectivity index (χ0) is 25.7. The number of nitrogens with zero attached hydrogens (tertiary/aromatic N) is 3. The molecule has 2 aromatic carbocycles. The summed E-state index contributed by atoms with van der Waals surface area (Å²) in [4.78, 5) is 38.3. The zero-order valence-electron chi connectivity index (χ0n) is 18.5. The number of alkyl halides is 3. The number of rotatable bonds is 4. The minimum Gasteiger partial charge on any atom is -0.385 e. The Morgan fingerprint density at radius 3 is 2.34 bits per heavy atom. The van der Waals surface area contributed by atoms with Crippen LogP contribution in [0.3, 0.4) is 0 Å². The molecule has 1 atom stereocenters. The minimum atomic E-state index is -4.68. The van der Waals surface area contributed by atoms with Crippen LogP contribution in [0.25, 0.3) is 0 Å². The van der Waals surface area contributed by atoms with Gasteiger partial charge in [0.2, 0.25) is 11.8 Å². The van der Waals surface area contributed by atoms with Crippen LogP contribution < -0.4 is 9.80 Å². The number of nitro groups is 1. The average Bonchev–Trinajstić information content (AvgIpc) is 3.04. The molecule has 2 amide bonds. The Hall–Kier alpha value is -3.18. The summed E-state index contributed by atoms with van der Waals surface area (Å²) < 4.78 is 39.8. The maximum atomic E-state index is 13.3. The third-order valence-electron chi connectivity index (χ3n) is 6.53. The van der Waals surface area contributed by atoms with Crippen molar-refractivity contribution in [3.63, 3.8) is 0 Å². The van der Waals surface area contributed by atoms with Gasteiger partial charge in [0.1, 0.15) is 5.69 Å². The number of anilines is 2. The lowest BCUT2D eigenvalue weighted by molar-refractivity contribution is -0.384. The molecule has 12 heteroatoms. The zero-order valence-corrected chi connectivity index (χ0v) is 19.3. The summed E-state index contributed by atoms with van der Waals surface area (Å²) in [6, 6.07) is 7.32. The lowest BCUT2D eigenvalue weighted by atomic mass is 9.83. The minimum absolute atomic E-state index is 0.0193. The highest BCUT2D eigenvalue weighted by atomic mass is 35.5. The van der Waals surface area contributed by atoms with Crippen molar-refractivity contribution < 1.29 is 32.8 Å². The monoisotopic (exact) mass is 511 g/mol. The Kier molecular flexibility index (Phi) is 6.26. The van der Waals surface area contributed by atoms with Crippen molar-refractivity contribution in [2.45, 2.75) is 38.0 Å². The molecule has 8 nitrogen and oxygen atoms in total. The Morgan fingerprint density at radius 2 is 1.80 bits per heavy atom. The van der Waals surface area contributed by atoms with E-state index in [1.807, 2.05) is 0 Å². The molecular weight excluding hydrogens is 491 g/mol. The molecular formula is C23H21ClF3N3O5. The number of hydrogen-bond donors (Lipinski definition) is 1. The normalized spacial score (nSPS) is 20.5. The largest absolute Gasteiger partial charge is 0.417 e. The molecule has 2 saturated heterocycles. The van der Waals surface area contributed by atoms with Crippen LogP contribution in [0.5, 0.6) is 0 Å². The molecule has 2 fully saturated rings. The Labute approximate surface area is 203 Å². The van der Waals surface area contributed by atoms with E-state index in [9.17, 15) is 38.0 Å². The predicted molar refractivity (Wildman–Crippen MR) is 121 cm³/mol. The van der Waals surface area contributed by atoms with Crippen molar-refractivity contribution in [2.24, 2.45) is 5.92 Å². The molecule has 0 radical (unpaired) electrons. The highest BCUT2D eigenvalue weighted by Crippen LogP contribution is 2.42. The molecule has 0 bridgehead atoms. The number of carbonyl (C=O) groups is 2. The molecule has 0 saturated carbocycles. The molecule has 35 heavy (non-hydrogen) atoms.